The monoisotopic (exact) mass is 355 g/mol. The van der Waals surface area contributed by atoms with Gasteiger partial charge in [-0.3, -0.25) is 4.98 Å². The summed E-state index contributed by atoms with van der Waals surface area (Å²) in [4.78, 5) is 13.3. The number of nitrogens with one attached hydrogen (secondary N) is 2. The van der Waals surface area contributed by atoms with E-state index in [2.05, 4.69) is 25.6 Å². The molecule has 1 aliphatic heterocycles. The first-order valence-corrected chi connectivity index (χ1v) is 8.63. The summed E-state index contributed by atoms with van der Waals surface area (Å²) in [6.07, 6.45) is 3.05. The molecule has 4 rings (SSSR count). The van der Waals surface area contributed by atoms with Crippen LogP contribution in [0, 0.1) is 5.92 Å². The Hall–Kier alpha value is -2.67. The smallest absolute Gasteiger partial charge is 0.255 e. The maximum Gasteiger partial charge on any atom is 0.255 e. The van der Waals surface area contributed by atoms with Crippen LogP contribution < -0.4 is 10.6 Å². The van der Waals surface area contributed by atoms with Gasteiger partial charge >= 0.3 is 0 Å². The van der Waals surface area contributed by atoms with Crippen molar-refractivity contribution in [2.24, 2.45) is 5.92 Å². The molecule has 2 aromatic heterocycles. The SMILES string of the molecule is FC1(F)CCNCC1CNc1nc(-c2ccccc2)cc2nccnc12. The number of rotatable bonds is 4. The molecule has 7 heteroatoms. The Kier molecular flexibility index (Phi) is 4.46. The minimum absolute atomic E-state index is 0.122. The van der Waals surface area contributed by atoms with E-state index in [0.717, 1.165) is 11.3 Å². The van der Waals surface area contributed by atoms with E-state index in [-0.39, 0.29) is 19.5 Å². The second kappa shape index (κ2) is 6.92. The van der Waals surface area contributed by atoms with Crippen molar-refractivity contribution in [1.29, 1.82) is 0 Å². The molecule has 26 heavy (non-hydrogen) atoms. The van der Waals surface area contributed by atoms with Crippen LogP contribution in [-0.2, 0) is 0 Å². The molecule has 1 aliphatic rings. The molecule has 0 bridgehead atoms. The number of piperidine rings is 1. The first-order valence-electron chi connectivity index (χ1n) is 8.63. The predicted octanol–water partition coefficient (Wildman–Crippen LogP) is 3.35. The van der Waals surface area contributed by atoms with Crippen LogP contribution >= 0.6 is 0 Å². The minimum Gasteiger partial charge on any atom is -0.368 e. The van der Waals surface area contributed by atoms with Gasteiger partial charge in [-0.05, 0) is 6.07 Å². The quantitative estimate of drug-likeness (QED) is 0.751. The summed E-state index contributed by atoms with van der Waals surface area (Å²) < 4.78 is 28.2. The average Bonchev–Trinajstić information content (AvgIpc) is 2.67. The van der Waals surface area contributed by atoms with Crippen LogP contribution in [0.2, 0.25) is 0 Å². The summed E-state index contributed by atoms with van der Waals surface area (Å²) in [5.41, 5.74) is 2.93. The molecule has 1 unspecified atom stereocenters. The van der Waals surface area contributed by atoms with Crippen molar-refractivity contribution >= 4 is 16.9 Å². The highest BCUT2D eigenvalue weighted by Crippen LogP contribution is 2.31. The van der Waals surface area contributed by atoms with Crippen LogP contribution in [0.4, 0.5) is 14.6 Å². The number of aromatic nitrogens is 3. The normalized spacial score (nSPS) is 19.4. The minimum atomic E-state index is -2.68. The van der Waals surface area contributed by atoms with Gasteiger partial charge in [0.2, 0.25) is 0 Å². The third-order valence-electron chi connectivity index (χ3n) is 4.67. The molecular formula is C19H19F2N5. The van der Waals surface area contributed by atoms with E-state index in [4.69, 9.17) is 0 Å². The molecule has 1 atom stereocenters. The summed E-state index contributed by atoms with van der Waals surface area (Å²) in [6, 6.07) is 11.6. The van der Waals surface area contributed by atoms with E-state index >= 15 is 0 Å². The number of alkyl halides is 2. The standard InChI is InChI=1S/C19H19F2N5/c20-19(21)6-7-22-11-14(19)12-25-18-17-16(23-8-9-24-17)10-15(26-18)13-4-2-1-3-5-13/h1-5,8-10,14,22H,6-7,11-12H2,(H,25,26). The number of hydrogen-bond donors (Lipinski definition) is 2. The Balaban J connectivity index is 1.67. The summed E-state index contributed by atoms with van der Waals surface area (Å²) in [5.74, 6) is -2.99. The average molecular weight is 355 g/mol. The number of halogens is 2. The summed E-state index contributed by atoms with van der Waals surface area (Å²) in [5, 5.41) is 6.12. The van der Waals surface area contributed by atoms with Gasteiger partial charge in [0.05, 0.1) is 17.1 Å². The molecule has 2 N–H and O–H groups in total. The van der Waals surface area contributed by atoms with Crippen molar-refractivity contribution in [2.75, 3.05) is 25.0 Å². The lowest BCUT2D eigenvalue weighted by atomic mass is 9.95. The molecule has 3 aromatic rings. The van der Waals surface area contributed by atoms with Gasteiger partial charge in [-0.25, -0.2) is 18.7 Å². The van der Waals surface area contributed by atoms with E-state index in [1.807, 2.05) is 36.4 Å². The Morgan fingerprint density at radius 2 is 1.96 bits per heavy atom. The number of fused-ring (bicyclic) bond motifs is 1. The molecule has 134 valence electrons. The van der Waals surface area contributed by atoms with Crippen molar-refractivity contribution in [3.63, 3.8) is 0 Å². The largest absolute Gasteiger partial charge is 0.368 e. The van der Waals surface area contributed by atoms with E-state index in [0.29, 0.717) is 23.4 Å². The van der Waals surface area contributed by atoms with Gasteiger partial charge in [0.25, 0.3) is 5.92 Å². The summed E-state index contributed by atoms with van der Waals surface area (Å²) >= 11 is 0. The summed E-state index contributed by atoms with van der Waals surface area (Å²) in [7, 11) is 0. The number of nitrogens with zero attached hydrogens (tertiary/aromatic N) is 3. The summed E-state index contributed by atoms with van der Waals surface area (Å²) in [6.45, 7) is 0.749. The van der Waals surface area contributed by atoms with Crippen LogP contribution in [-0.4, -0.2) is 40.5 Å². The van der Waals surface area contributed by atoms with E-state index in [1.165, 1.54) is 0 Å². The zero-order valence-corrected chi connectivity index (χ0v) is 14.1. The number of anilines is 1. The fourth-order valence-corrected chi connectivity index (χ4v) is 3.18. The molecule has 1 fully saturated rings. The third kappa shape index (κ3) is 3.35. The number of pyridine rings is 1. The van der Waals surface area contributed by atoms with E-state index in [1.54, 1.807) is 12.4 Å². The van der Waals surface area contributed by atoms with Gasteiger partial charge < -0.3 is 10.6 Å². The number of benzene rings is 1. The van der Waals surface area contributed by atoms with Crippen molar-refractivity contribution in [3.8, 4) is 11.3 Å². The molecule has 0 saturated carbocycles. The zero-order chi connectivity index (χ0) is 18.0. The molecule has 0 amide bonds. The second-order valence-electron chi connectivity index (χ2n) is 6.44. The van der Waals surface area contributed by atoms with Crippen LogP contribution in [0.1, 0.15) is 6.42 Å². The van der Waals surface area contributed by atoms with Gasteiger partial charge in [-0.15, -0.1) is 0 Å². The first-order chi connectivity index (χ1) is 12.6. The molecule has 5 nitrogen and oxygen atoms in total. The van der Waals surface area contributed by atoms with Crippen LogP contribution in [0.15, 0.2) is 48.8 Å². The molecule has 1 saturated heterocycles. The Morgan fingerprint density at radius 3 is 2.77 bits per heavy atom. The van der Waals surface area contributed by atoms with Crippen molar-refractivity contribution in [1.82, 2.24) is 20.3 Å². The van der Waals surface area contributed by atoms with Crippen molar-refractivity contribution in [2.45, 2.75) is 12.3 Å². The van der Waals surface area contributed by atoms with Crippen LogP contribution in [0.3, 0.4) is 0 Å². The van der Waals surface area contributed by atoms with Gasteiger partial charge in [-0.1, -0.05) is 30.3 Å². The maximum atomic E-state index is 14.1. The first kappa shape index (κ1) is 16.8. The van der Waals surface area contributed by atoms with Gasteiger partial charge in [-0.2, -0.15) is 0 Å². The fraction of sp³-hybridized carbons (Fsp3) is 0.316. The third-order valence-corrected chi connectivity index (χ3v) is 4.67. The molecule has 0 aliphatic carbocycles. The molecule has 0 radical (unpaired) electrons. The highest BCUT2D eigenvalue weighted by molar-refractivity contribution is 5.88. The van der Waals surface area contributed by atoms with Crippen molar-refractivity contribution < 1.29 is 8.78 Å². The Bertz CT molecular complexity index is 901. The number of hydrogen-bond acceptors (Lipinski definition) is 5. The lowest BCUT2D eigenvalue weighted by Gasteiger charge is -2.32. The predicted molar refractivity (Wildman–Crippen MR) is 97.2 cm³/mol. The van der Waals surface area contributed by atoms with E-state index in [9.17, 15) is 8.78 Å². The molecule has 0 spiro atoms. The molecule has 3 heterocycles. The highest BCUT2D eigenvalue weighted by atomic mass is 19.3. The Morgan fingerprint density at radius 1 is 1.15 bits per heavy atom. The highest BCUT2D eigenvalue weighted by Gasteiger charge is 2.41. The van der Waals surface area contributed by atoms with Crippen molar-refractivity contribution in [3.05, 3.63) is 48.8 Å². The lowest BCUT2D eigenvalue weighted by Crippen LogP contribution is -2.47. The van der Waals surface area contributed by atoms with Gasteiger partial charge in [0.1, 0.15) is 5.52 Å². The van der Waals surface area contributed by atoms with Crippen LogP contribution in [0.5, 0.6) is 0 Å². The molecule has 1 aromatic carbocycles. The Labute approximate surface area is 149 Å². The lowest BCUT2D eigenvalue weighted by molar-refractivity contribution is -0.0728. The van der Waals surface area contributed by atoms with Crippen LogP contribution in [0.25, 0.3) is 22.3 Å². The van der Waals surface area contributed by atoms with E-state index < -0.39 is 11.8 Å². The zero-order valence-electron chi connectivity index (χ0n) is 14.1. The van der Waals surface area contributed by atoms with Gasteiger partial charge in [0, 0.05) is 44.0 Å². The topological polar surface area (TPSA) is 62.7 Å². The second-order valence-corrected chi connectivity index (χ2v) is 6.44. The van der Waals surface area contributed by atoms with Gasteiger partial charge in [0.15, 0.2) is 5.82 Å². The fourth-order valence-electron chi connectivity index (χ4n) is 3.18. The molecular weight excluding hydrogens is 336 g/mol. The maximum absolute atomic E-state index is 14.1.